The van der Waals surface area contributed by atoms with E-state index < -0.39 is 21.7 Å². The molecule has 224 valence electrons. The van der Waals surface area contributed by atoms with Gasteiger partial charge < -0.3 is 15.7 Å². The van der Waals surface area contributed by atoms with Crippen molar-refractivity contribution in [2.75, 3.05) is 18.6 Å². The Labute approximate surface area is 251 Å². The SMILES string of the molecule is Cc1cscc1-c1cc(NC(=O)CC2CCC(N(C)S(C)(=O)=O)CC2)cnc1-c1ccc(C2(NC(=O)O)CCC2)cc1. The number of amides is 2. The summed E-state index contributed by atoms with van der Waals surface area (Å²) in [6, 6.07) is 9.91. The Kier molecular flexibility index (Phi) is 8.73. The number of hydrogen-bond acceptors (Lipinski definition) is 6. The number of thiophene rings is 1. The molecule has 42 heavy (non-hydrogen) atoms. The van der Waals surface area contributed by atoms with E-state index in [4.69, 9.17) is 4.98 Å². The van der Waals surface area contributed by atoms with Gasteiger partial charge in [-0.2, -0.15) is 11.3 Å². The number of nitrogens with one attached hydrogen (secondary N) is 2. The number of carboxylic acid groups (broad SMARTS) is 1. The zero-order chi connectivity index (χ0) is 30.1. The lowest BCUT2D eigenvalue weighted by atomic mass is 9.71. The highest BCUT2D eigenvalue weighted by molar-refractivity contribution is 7.88. The molecule has 3 aromatic rings. The van der Waals surface area contributed by atoms with E-state index in [9.17, 15) is 23.1 Å². The van der Waals surface area contributed by atoms with Crippen LogP contribution in [-0.2, 0) is 20.4 Å². The summed E-state index contributed by atoms with van der Waals surface area (Å²) in [5.41, 5.74) is 5.87. The predicted octanol–water partition coefficient (Wildman–Crippen LogP) is 6.21. The monoisotopic (exact) mass is 610 g/mol. The first-order valence-electron chi connectivity index (χ1n) is 14.3. The van der Waals surface area contributed by atoms with E-state index in [0.29, 0.717) is 12.1 Å². The van der Waals surface area contributed by atoms with E-state index >= 15 is 0 Å². The molecule has 2 aromatic heterocycles. The molecule has 2 amide bonds. The van der Waals surface area contributed by atoms with Crippen LogP contribution in [0.15, 0.2) is 47.3 Å². The summed E-state index contributed by atoms with van der Waals surface area (Å²) < 4.78 is 25.2. The Bertz CT molecular complexity index is 1560. The maximum absolute atomic E-state index is 13.0. The van der Waals surface area contributed by atoms with Crippen LogP contribution in [0.3, 0.4) is 0 Å². The number of aryl methyl sites for hydroxylation is 1. The van der Waals surface area contributed by atoms with Crippen molar-refractivity contribution in [1.82, 2.24) is 14.6 Å². The summed E-state index contributed by atoms with van der Waals surface area (Å²) in [4.78, 5) is 29.2. The summed E-state index contributed by atoms with van der Waals surface area (Å²) in [6.45, 7) is 2.05. The van der Waals surface area contributed by atoms with Crippen LogP contribution in [0.5, 0.6) is 0 Å². The molecule has 11 heteroatoms. The first-order valence-corrected chi connectivity index (χ1v) is 17.1. The standard InChI is InChI=1S/C31H38N4O5S2/c1-20-18-41-19-27(20)26-16-24(33-28(36)15-21-5-11-25(12-6-21)35(2)42(3,39)40)17-32-29(26)22-7-9-23(10-8-22)31(13-4-14-31)34-30(37)38/h7-10,16-19,21,25,34H,4-6,11-15H2,1-3H3,(H,33,36)(H,37,38). The number of hydrogen-bond donors (Lipinski definition) is 3. The van der Waals surface area contributed by atoms with Crippen LogP contribution in [0.25, 0.3) is 22.4 Å². The highest BCUT2D eigenvalue weighted by atomic mass is 32.2. The largest absolute Gasteiger partial charge is 0.465 e. The molecule has 0 radical (unpaired) electrons. The quantitative estimate of drug-likeness (QED) is 0.264. The molecule has 0 aliphatic heterocycles. The number of benzene rings is 1. The molecule has 2 fully saturated rings. The molecule has 2 aliphatic carbocycles. The average Bonchev–Trinajstić information content (AvgIpc) is 3.36. The molecule has 2 saturated carbocycles. The van der Waals surface area contributed by atoms with E-state index in [2.05, 4.69) is 28.3 Å². The lowest BCUT2D eigenvalue weighted by Gasteiger charge is -2.42. The Morgan fingerprint density at radius 3 is 2.33 bits per heavy atom. The topological polar surface area (TPSA) is 129 Å². The van der Waals surface area contributed by atoms with Crippen LogP contribution in [0.4, 0.5) is 10.5 Å². The van der Waals surface area contributed by atoms with Gasteiger partial charge in [-0.25, -0.2) is 17.5 Å². The lowest BCUT2D eigenvalue weighted by Crippen LogP contribution is -2.50. The van der Waals surface area contributed by atoms with Crippen molar-refractivity contribution in [2.45, 2.75) is 69.9 Å². The van der Waals surface area contributed by atoms with Crippen LogP contribution in [0.2, 0.25) is 0 Å². The third-order valence-electron chi connectivity index (χ3n) is 8.91. The lowest BCUT2D eigenvalue weighted by molar-refractivity contribution is -0.117. The number of nitrogens with zero attached hydrogens (tertiary/aromatic N) is 2. The van der Waals surface area contributed by atoms with Crippen molar-refractivity contribution in [3.8, 4) is 22.4 Å². The number of sulfonamides is 1. The minimum absolute atomic E-state index is 0.00536. The van der Waals surface area contributed by atoms with Crippen LogP contribution < -0.4 is 10.6 Å². The third-order valence-corrected chi connectivity index (χ3v) is 11.1. The van der Waals surface area contributed by atoms with Crippen LogP contribution in [0.1, 0.15) is 62.5 Å². The molecule has 9 nitrogen and oxygen atoms in total. The van der Waals surface area contributed by atoms with Crippen molar-refractivity contribution in [2.24, 2.45) is 5.92 Å². The van der Waals surface area contributed by atoms with Gasteiger partial charge in [0, 0.05) is 30.6 Å². The summed E-state index contributed by atoms with van der Waals surface area (Å²) >= 11 is 1.61. The Morgan fingerprint density at radius 2 is 1.79 bits per heavy atom. The summed E-state index contributed by atoms with van der Waals surface area (Å²) in [5, 5.41) is 19.3. The molecular weight excluding hydrogens is 572 g/mol. The Morgan fingerprint density at radius 1 is 1.10 bits per heavy atom. The minimum atomic E-state index is -3.22. The van der Waals surface area contributed by atoms with Crippen LogP contribution >= 0.6 is 11.3 Å². The zero-order valence-electron chi connectivity index (χ0n) is 24.2. The fourth-order valence-electron chi connectivity index (χ4n) is 6.23. The number of aromatic nitrogens is 1. The second-order valence-corrected chi connectivity index (χ2v) is 14.5. The Balaban J connectivity index is 1.31. The molecule has 2 aliphatic rings. The van der Waals surface area contributed by atoms with Gasteiger partial charge >= 0.3 is 6.09 Å². The van der Waals surface area contributed by atoms with Gasteiger partial charge in [0.15, 0.2) is 0 Å². The molecule has 3 N–H and O–H groups in total. The number of carbonyl (C=O) groups excluding carboxylic acids is 1. The van der Waals surface area contributed by atoms with E-state index in [1.165, 1.54) is 10.6 Å². The van der Waals surface area contributed by atoms with Gasteiger partial charge in [-0.15, -0.1) is 0 Å². The molecule has 0 spiro atoms. The summed E-state index contributed by atoms with van der Waals surface area (Å²) in [6.07, 6.45) is 7.98. The average molecular weight is 611 g/mol. The van der Waals surface area contributed by atoms with Crippen LogP contribution in [-0.4, -0.2) is 54.2 Å². The molecule has 0 saturated heterocycles. The van der Waals surface area contributed by atoms with Gasteiger partial charge in [0.25, 0.3) is 0 Å². The molecule has 2 heterocycles. The molecule has 0 atom stereocenters. The first kappa shape index (κ1) is 30.2. The van der Waals surface area contributed by atoms with Crippen molar-refractivity contribution in [1.29, 1.82) is 0 Å². The van der Waals surface area contributed by atoms with Crippen LogP contribution in [0, 0.1) is 12.8 Å². The Hall–Kier alpha value is -3.28. The summed E-state index contributed by atoms with van der Waals surface area (Å²) in [5.74, 6) is 0.145. The van der Waals surface area contributed by atoms with E-state index in [-0.39, 0.29) is 17.9 Å². The molecule has 0 bridgehead atoms. The predicted molar refractivity (Wildman–Crippen MR) is 166 cm³/mol. The molecule has 5 rings (SSSR count). The third kappa shape index (κ3) is 6.53. The number of rotatable bonds is 9. The maximum atomic E-state index is 13.0. The highest BCUT2D eigenvalue weighted by Gasteiger charge is 2.40. The summed E-state index contributed by atoms with van der Waals surface area (Å²) in [7, 11) is -1.59. The zero-order valence-corrected chi connectivity index (χ0v) is 25.9. The first-order chi connectivity index (χ1) is 19.9. The molecule has 1 aromatic carbocycles. The molecule has 0 unspecified atom stereocenters. The molecular formula is C31H38N4O5S2. The smallest absolute Gasteiger partial charge is 0.405 e. The van der Waals surface area contributed by atoms with Gasteiger partial charge in [-0.05, 0) is 91.3 Å². The van der Waals surface area contributed by atoms with Crippen molar-refractivity contribution >= 4 is 39.0 Å². The number of pyridine rings is 1. The number of carbonyl (C=O) groups is 2. The number of anilines is 1. The van der Waals surface area contributed by atoms with E-state index in [1.54, 1.807) is 24.6 Å². The second kappa shape index (κ2) is 12.1. The van der Waals surface area contributed by atoms with Gasteiger partial charge in [-0.3, -0.25) is 9.78 Å². The fourth-order valence-corrected chi connectivity index (χ4v) is 7.83. The van der Waals surface area contributed by atoms with Crippen molar-refractivity contribution in [3.63, 3.8) is 0 Å². The second-order valence-electron chi connectivity index (χ2n) is 11.7. The maximum Gasteiger partial charge on any atom is 0.405 e. The fraction of sp³-hybridized carbons (Fsp3) is 0.452. The minimum Gasteiger partial charge on any atom is -0.465 e. The van der Waals surface area contributed by atoms with E-state index in [1.807, 2.05) is 30.3 Å². The van der Waals surface area contributed by atoms with Gasteiger partial charge in [-0.1, -0.05) is 24.3 Å². The van der Waals surface area contributed by atoms with Crippen molar-refractivity contribution in [3.05, 3.63) is 58.4 Å². The van der Waals surface area contributed by atoms with Gasteiger partial charge in [0.05, 0.1) is 29.4 Å². The van der Waals surface area contributed by atoms with Gasteiger partial charge in [0.1, 0.15) is 0 Å². The van der Waals surface area contributed by atoms with Crippen molar-refractivity contribution < 1.29 is 23.1 Å². The van der Waals surface area contributed by atoms with Gasteiger partial charge in [0.2, 0.25) is 15.9 Å². The highest BCUT2D eigenvalue weighted by Crippen LogP contribution is 2.42. The van der Waals surface area contributed by atoms with E-state index in [0.717, 1.165) is 78.5 Å². The normalized spacial score (nSPS) is 20.1.